The topological polar surface area (TPSA) is 74.2 Å². The van der Waals surface area contributed by atoms with Gasteiger partial charge in [-0.05, 0) is 47.7 Å². The van der Waals surface area contributed by atoms with E-state index in [2.05, 4.69) is 4.72 Å². The van der Waals surface area contributed by atoms with Gasteiger partial charge >= 0.3 is 0 Å². The standard InChI is InChI=1S/C18H16ClFN2O3S/c1-22-10-16(14-9-12(20)3-4-13(14)18(22)23)15-8-11(2-5-17(15)19)6-7-21-26(24)25/h2-5,8-10,21H,6-7H2,1H3,(H,24,25)/p-1. The highest BCUT2D eigenvalue weighted by molar-refractivity contribution is 7.77. The summed E-state index contributed by atoms with van der Waals surface area (Å²) in [5, 5.41) is 1.33. The minimum Gasteiger partial charge on any atom is -0.760 e. The van der Waals surface area contributed by atoms with E-state index in [0.717, 1.165) is 5.56 Å². The predicted molar refractivity (Wildman–Crippen MR) is 100 cm³/mol. The first-order valence-electron chi connectivity index (χ1n) is 7.77. The van der Waals surface area contributed by atoms with Crippen molar-refractivity contribution in [1.82, 2.24) is 9.29 Å². The predicted octanol–water partition coefficient (Wildman–Crippen LogP) is 2.92. The van der Waals surface area contributed by atoms with Crippen LogP contribution in [0.25, 0.3) is 21.9 Å². The molecule has 136 valence electrons. The Hall–Kier alpha value is -2.06. The first kappa shape index (κ1) is 18.7. The summed E-state index contributed by atoms with van der Waals surface area (Å²) in [5.41, 5.74) is 1.92. The third-order valence-electron chi connectivity index (χ3n) is 4.10. The lowest BCUT2D eigenvalue weighted by atomic mass is 9.98. The van der Waals surface area contributed by atoms with Gasteiger partial charge < -0.3 is 9.12 Å². The summed E-state index contributed by atoms with van der Waals surface area (Å²) in [6.07, 6.45) is 2.09. The molecule has 3 aromatic rings. The van der Waals surface area contributed by atoms with Crippen molar-refractivity contribution in [3.05, 3.63) is 69.4 Å². The number of benzene rings is 2. The Morgan fingerprint density at radius 1 is 1.19 bits per heavy atom. The number of nitrogens with one attached hydrogen (secondary N) is 1. The van der Waals surface area contributed by atoms with Gasteiger partial charge in [-0.15, -0.1) is 0 Å². The third-order valence-corrected chi connectivity index (χ3v) is 4.87. The van der Waals surface area contributed by atoms with Crippen molar-refractivity contribution >= 4 is 33.6 Å². The van der Waals surface area contributed by atoms with Gasteiger partial charge in [0.25, 0.3) is 5.56 Å². The van der Waals surface area contributed by atoms with Crippen LogP contribution in [0.1, 0.15) is 5.56 Å². The van der Waals surface area contributed by atoms with Crippen molar-refractivity contribution in [2.45, 2.75) is 6.42 Å². The molecule has 1 N–H and O–H groups in total. The molecule has 1 heterocycles. The maximum absolute atomic E-state index is 13.8. The minimum atomic E-state index is -2.32. The first-order chi connectivity index (χ1) is 12.4. The van der Waals surface area contributed by atoms with E-state index in [-0.39, 0.29) is 12.1 Å². The number of rotatable bonds is 5. The Kier molecular flexibility index (Phi) is 5.52. The molecule has 8 heteroatoms. The van der Waals surface area contributed by atoms with Crippen LogP contribution >= 0.6 is 11.6 Å². The molecule has 0 spiro atoms. The SMILES string of the molecule is Cn1cc(-c2cc(CCNS(=O)[O-])ccc2Cl)c2cc(F)ccc2c1=O. The van der Waals surface area contributed by atoms with E-state index in [1.807, 2.05) is 6.07 Å². The zero-order valence-electron chi connectivity index (χ0n) is 13.8. The van der Waals surface area contributed by atoms with Crippen molar-refractivity contribution in [2.75, 3.05) is 6.54 Å². The quantitative estimate of drug-likeness (QED) is 0.677. The fourth-order valence-electron chi connectivity index (χ4n) is 2.87. The van der Waals surface area contributed by atoms with Crippen LogP contribution in [-0.2, 0) is 24.7 Å². The van der Waals surface area contributed by atoms with Gasteiger partial charge in [-0.25, -0.2) is 9.11 Å². The molecule has 0 saturated carbocycles. The van der Waals surface area contributed by atoms with E-state index in [1.165, 1.54) is 22.8 Å². The molecule has 5 nitrogen and oxygen atoms in total. The van der Waals surface area contributed by atoms with Crippen LogP contribution in [0, 0.1) is 5.82 Å². The molecule has 0 aliphatic heterocycles. The summed E-state index contributed by atoms with van der Waals surface area (Å²) < 4.78 is 38.7. The van der Waals surface area contributed by atoms with Gasteiger partial charge in [0.05, 0.1) is 0 Å². The molecule has 0 aliphatic carbocycles. The molecule has 0 aliphatic rings. The van der Waals surface area contributed by atoms with E-state index >= 15 is 0 Å². The summed E-state index contributed by atoms with van der Waals surface area (Å²) in [6, 6.07) is 9.35. The molecule has 0 radical (unpaired) electrons. The Labute approximate surface area is 156 Å². The van der Waals surface area contributed by atoms with Gasteiger partial charge in [-0.2, -0.15) is 0 Å². The molecule has 0 fully saturated rings. The van der Waals surface area contributed by atoms with Crippen LogP contribution in [0.2, 0.25) is 5.02 Å². The molecule has 26 heavy (non-hydrogen) atoms. The molecular weight excluding hydrogens is 379 g/mol. The summed E-state index contributed by atoms with van der Waals surface area (Å²) in [5.74, 6) is -0.443. The fourth-order valence-corrected chi connectivity index (χ4v) is 3.35. The number of hydrogen-bond acceptors (Lipinski definition) is 3. The molecule has 3 rings (SSSR count). The van der Waals surface area contributed by atoms with Gasteiger partial charge in [0, 0.05) is 52.6 Å². The van der Waals surface area contributed by atoms with E-state index in [1.54, 1.807) is 25.4 Å². The van der Waals surface area contributed by atoms with Crippen molar-refractivity contribution in [3.63, 3.8) is 0 Å². The lowest BCUT2D eigenvalue weighted by molar-refractivity contribution is 0.523. The lowest BCUT2D eigenvalue weighted by Gasteiger charge is -2.13. The second kappa shape index (κ2) is 7.67. The average molecular weight is 394 g/mol. The maximum atomic E-state index is 13.8. The molecular formula is C18H15ClFN2O3S-. The Balaban J connectivity index is 2.14. The Morgan fingerprint density at radius 2 is 1.96 bits per heavy atom. The smallest absolute Gasteiger partial charge is 0.258 e. The van der Waals surface area contributed by atoms with Crippen molar-refractivity contribution in [2.24, 2.45) is 7.05 Å². The van der Waals surface area contributed by atoms with Gasteiger partial charge in [0.1, 0.15) is 5.82 Å². The summed E-state index contributed by atoms with van der Waals surface area (Å²) in [7, 11) is 1.62. The van der Waals surface area contributed by atoms with Gasteiger partial charge in [-0.3, -0.25) is 9.00 Å². The highest BCUT2D eigenvalue weighted by Gasteiger charge is 2.13. The van der Waals surface area contributed by atoms with Crippen LogP contribution < -0.4 is 10.3 Å². The van der Waals surface area contributed by atoms with Crippen LogP contribution in [0.4, 0.5) is 4.39 Å². The lowest BCUT2D eigenvalue weighted by Crippen LogP contribution is -2.19. The summed E-state index contributed by atoms with van der Waals surface area (Å²) >= 11 is 4.03. The third kappa shape index (κ3) is 3.86. The number of fused-ring (bicyclic) bond motifs is 1. The number of pyridine rings is 1. The van der Waals surface area contributed by atoms with Crippen LogP contribution in [0.5, 0.6) is 0 Å². The largest absolute Gasteiger partial charge is 0.760 e. The van der Waals surface area contributed by atoms with Gasteiger partial charge in [0.15, 0.2) is 0 Å². The van der Waals surface area contributed by atoms with Crippen molar-refractivity contribution < 1.29 is 13.2 Å². The zero-order chi connectivity index (χ0) is 18.8. The van der Waals surface area contributed by atoms with Crippen LogP contribution in [-0.4, -0.2) is 19.9 Å². The molecule has 1 atom stereocenters. The average Bonchev–Trinajstić information content (AvgIpc) is 2.59. The van der Waals surface area contributed by atoms with Gasteiger partial charge in [-0.1, -0.05) is 17.7 Å². The summed E-state index contributed by atoms with van der Waals surface area (Å²) in [4.78, 5) is 12.3. The number of nitrogens with zero attached hydrogens (tertiary/aromatic N) is 1. The first-order valence-corrected chi connectivity index (χ1v) is 9.22. The monoisotopic (exact) mass is 393 g/mol. The number of halogens is 2. The van der Waals surface area contributed by atoms with E-state index in [9.17, 15) is 17.9 Å². The van der Waals surface area contributed by atoms with E-state index in [0.29, 0.717) is 33.3 Å². The van der Waals surface area contributed by atoms with Crippen molar-refractivity contribution in [3.8, 4) is 11.1 Å². The van der Waals surface area contributed by atoms with Crippen molar-refractivity contribution in [1.29, 1.82) is 0 Å². The molecule has 0 saturated heterocycles. The molecule has 2 aromatic carbocycles. The minimum absolute atomic E-state index is 0.224. The summed E-state index contributed by atoms with van der Waals surface area (Å²) in [6.45, 7) is 0.250. The highest BCUT2D eigenvalue weighted by Crippen LogP contribution is 2.33. The fraction of sp³-hybridized carbons (Fsp3) is 0.167. The number of aromatic nitrogens is 1. The second-order valence-corrected chi connectivity index (χ2v) is 7.01. The number of hydrogen-bond donors (Lipinski definition) is 1. The molecule has 0 amide bonds. The zero-order valence-corrected chi connectivity index (χ0v) is 15.4. The van der Waals surface area contributed by atoms with Crippen LogP contribution in [0.15, 0.2) is 47.4 Å². The Bertz CT molecular complexity index is 1070. The van der Waals surface area contributed by atoms with Crippen LogP contribution in [0.3, 0.4) is 0 Å². The molecule has 0 bridgehead atoms. The number of aryl methyl sites for hydroxylation is 1. The maximum Gasteiger partial charge on any atom is 0.258 e. The second-order valence-electron chi connectivity index (χ2n) is 5.84. The van der Waals surface area contributed by atoms with E-state index in [4.69, 9.17) is 11.6 Å². The van der Waals surface area contributed by atoms with E-state index < -0.39 is 17.1 Å². The van der Waals surface area contributed by atoms with Gasteiger partial charge in [0.2, 0.25) is 0 Å². The Morgan fingerprint density at radius 3 is 2.69 bits per heavy atom. The highest BCUT2D eigenvalue weighted by atomic mass is 35.5. The normalized spacial score (nSPS) is 12.5. The molecule has 1 aromatic heterocycles. The molecule has 1 unspecified atom stereocenters.